The average Bonchev–Trinajstić information content (AvgIpc) is 2.69. The second kappa shape index (κ2) is 9.31. The van der Waals surface area contributed by atoms with Crippen LogP contribution in [-0.4, -0.2) is 12.5 Å². The summed E-state index contributed by atoms with van der Waals surface area (Å²) >= 11 is 12.0. The maximum atomic E-state index is 12.1. The lowest BCUT2D eigenvalue weighted by atomic mass is 10.2. The van der Waals surface area contributed by atoms with E-state index in [-0.39, 0.29) is 12.5 Å². The first-order chi connectivity index (χ1) is 13.1. The van der Waals surface area contributed by atoms with Gasteiger partial charge in [0.15, 0.2) is 0 Å². The van der Waals surface area contributed by atoms with Crippen LogP contribution in [0.15, 0.2) is 72.8 Å². The minimum Gasteiger partial charge on any atom is -0.489 e. The molecule has 2 N–H and O–H groups in total. The van der Waals surface area contributed by atoms with Crippen molar-refractivity contribution in [3.8, 4) is 5.75 Å². The van der Waals surface area contributed by atoms with Crippen LogP contribution < -0.4 is 15.4 Å². The van der Waals surface area contributed by atoms with Crippen molar-refractivity contribution in [2.24, 2.45) is 0 Å². The number of carbonyl (C=O) groups excluding carboxylic acids is 1. The lowest BCUT2D eigenvalue weighted by Gasteiger charge is -2.10. The van der Waals surface area contributed by atoms with E-state index < -0.39 is 0 Å². The fourth-order valence-corrected chi connectivity index (χ4v) is 2.75. The predicted octanol–water partition coefficient (Wildman–Crippen LogP) is 5.62. The van der Waals surface area contributed by atoms with Crippen molar-refractivity contribution >= 4 is 40.5 Å². The Morgan fingerprint density at radius 3 is 2.41 bits per heavy atom. The Hall–Kier alpha value is -2.69. The fraction of sp³-hybridized carbons (Fsp3) is 0.0952. The summed E-state index contributed by atoms with van der Waals surface area (Å²) in [5.74, 6) is 0.546. The van der Waals surface area contributed by atoms with Gasteiger partial charge >= 0.3 is 0 Å². The van der Waals surface area contributed by atoms with Crippen LogP contribution in [0.5, 0.6) is 5.75 Å². The van der Waals surface area contributed by atoms with Crippen molar-refractivity contribution < 1.29 is 9.53 Å². The van der Waals surface area contributed by atoms with E-state index >= 15 is 0 Å². The lowest BCUT2D eigenvalue weighted by Crippen LogP contribution is -2.21. The Morgan fingerprint density at radius 2 is 1.67 bits per heavy atom. The Morgan fingerprint density at radius 1 is 0.926 bits per heavy atom. The van der Waals surface area contributed by atoms with Crippen LogP contribution in [0.3, 0.4) is 0 Å². The second-order valence-electron chi connectivity index (χ2n) is 5.82. The standard InChI is InChI=1S/C21H18Cl2N2O2/c22-16-6-11-19(23)20(12-16)24-13-21(26)25-17-7-9-18(10-8-17)27-14-15-4-2-1-3-5-15/h1-12,24H,13-14H2,(H,25,26). The van der Waals surface area contributed by atoms with Crippen LogP contribution in [0.2, 0.25) is 10.0 Å². The molecule has 0 spiro atoms. The topological polar surface area (TPSA) is 50.4 Å². The molecule has 3 rings (SSSR count). The molecule has 0 fully saturated rings. The summed E-state index contributed by atoms with van der Waals surface area (Å²) < 4.78 is 5.73. The first-order valence-electron chi connectivity index (χ1n) is 8.36. The molecule has 0 aliphatic rings. The van der Waals surface area contributed by atoms with Crippen LogP contribution >= 0.6 is 23.2 Å². The first-order valence-corrected chi connectivity index (χ1v) is 9.11. The molecule has 0 heterocycles. The summed E-state index contributed by atoms with van der Waals surface area (Å²) in [7, 11) is 0. The SMILES string of the molecule is O=C(CNc1cc(Cl)ccc1Cl)Nc1ccc(OCc2ccccc2)cc1. The van der Waals surface area contributed by atoms with E-state index in [2.05, 4.69) is 10.6 Å². The van der Waals surface area contributed by atoms with Gasteiger partial charge in [-0.1, -0.05) is 53.5 Å². The molecule has 0 aliphatic carbocycles. The Kier molecular flexibility index (Phi) is 6.58. The molecule has 0 bridgehead atoms. The molecule has 1 amide bonds. The number of ether oxygens (including phenoxy) is 1. The Labute approximate surface area is 168 Å². The molecule has 0 aliphatic heterocycles. The second-order valence-corrected chi connectivity index (χ2v) is 6.67. The van der Waals surface area contributed by atoms with E-state index in [1.54, 1.807) is 30.3 Å². The highest BCUT2D eigenvalue weighted by atomic mass is 35.5. The zero-order valence-electron chi connectivity index (χ0n) is 14.4. The molecular weight excluding hydrogens is 383 g/mol. The predicted molar refractivity (Wildman–Crippen MR) is 111 cm³/mol. The van der Waals surface area contributed by atoms with Gasteiger partial charge in [0.1, 0.15) is 12.4 Å². The van der Waals surface area contributed by atoms with Crippen molar-refractivity contribution in [2.45, 2.75) is 6.61 Å². The van der Waals surface area contributed by atoms with Crippen molar-refractivity contribution in [1.29, 1.82) is 0 Å². The van der Waals surface area contributed by atoms with Gasteiger partial charge in [-0.2, -0.15) is 0 Å². The van der Waals surface area contributed by atoms with Crippen LogP contribution in [0, 0.1) is 0 Å². The molecule has 0 radical (unpaired) electrons. The van der Waals surface area contributed by atoms with Gasteiger partial charge in [-0.25, -0.2) is 0 Å². The van der Waals surface area contributed by atoms with Crippen LogP contribution in [0.25, 0.3) is 0 Å². The van der Waals surface area contributed by atoms with Gasteiger partial charge in [0.2, 0.25) is 5.91 Å². The van der Waals surface area contributed by atoms with E-state index in [1.165, 1.54) is 0 Å². The molecule has 0 saturated carbocycles. The number of rotatable bonds is 7. The van der Waals surface area contributed by atoms with Crippen molar-refractivity contribution in [2.75, 3.05) is 17.2 Å². The number of carbonyl (C=O) groups is 1. The van der Waals surface area contributed by atoms with Gasteiger partial charge in [0.05, 0.1) is 17.3 Å². The third-order valence-corrected chi connectivity index (χ3v) is 4.32. The number of amides is 1. The van der Waals surface area contributed by atoms with Gasteiger partial charge in [-0.15, -0.1) is 0 Å². The number of anilines is 2. The van der Waals surface area contributed by atoms with E-state index in [4.69, 9.17) is 27.9 Å². The summed E-state index contributed by atoms with van der Waals surface area (Å²) in [5, 5.41) is 6.84. The molecule has 3 aromatic carbocycles. The average molecular weight is 401 g/mol. The Balaban J connectivity index is 1.48. The molecule has 27 heavy (non-hydrogen) atoms. The highest BCUT2D eigenvalue weighted by Gasteiger charge is 2.06. The number of halogens is 2. The fourth-order valence-electron chi connectivity index (χ4n) is 2.39. The molecule has 4 nitrogen and oxygen atoms in total. The van der Waals surface area contributed by atoms with E-state index in [0.717, 1.165) is 11.3 Å². The normalized spacial score (nSPS) is 10.3. The van der Waals surface area contributed by atoms with Crippen molar-refractivity contribution in [1.82, 2.24) is 0 Å². The number of hydrogen-bond acceptors (Lipinski definition) is 3. The third kappa shape index (κ3) is 5.91. The van der Waals surface area contributed by atoms with Crippen LogP contribution in [0.4, 0.5) is 11.4 Å². The van der Waals surface area contributed by atoms with Gasteiger partial charge in [0.25, 0.3) is 0 Å². The van der Waals surface area contributed by atoms with Gasteiger partial charge in [-0.05, 0) is 48.0 Å². The number of nitrogens with one attached hydrogen (secondary N) is 2. The minimum absolute atomic E-state index is 0.0757. The molecule has 138 valence electrons. The van der Waals surface area contributed by atoms with Crippen molar-refractivity contribution in [3.63, 3.8) is 0 Å². The summed E-state index contributed by atoms with van der Waals surface area (Å²) in [5.41, 5.74) is 2.40. The van der Waals surface area contributed by atoms with Gasteiger partial charge in [-0.3, -0.25) is 4.79 Å². The number of hydrogen-bond donors (Lipinski definition) is 2. The van der Waals surface area contributed by atoms with E-state index in [1.807, 2.05) is 42.5 Å². The number of benzene rings is 3. The molecular formula is C21H18Cl2N2O2. The van der Waals surface area contributed by atoms with Crippen LogP contribution in [0.1, 0.15) is 5.56 Å². The highest BCUT2D eigenvalue weighted by Crippen LogP contribution is 2.25. The van der Waals surface area contributed by atoms with Gasteiger partial charge in [0, 0.05) is 10.7 Å². The van der Waals surface area contributed by atoms with Gasteiger partial charge < -0.3 is 15.4 Å². The quantitative estimate of drug-likeness (QED) is 0.540. The minimum atomic E-state index is -0.191. The largest absolute Gasteiger partial charge is 0.489 e. The maximum Gasteiger partial charge on any atom is 0.243 e. The summed E-state index contributed by atoms with van der Waals surface area (Å²) in [6.07, 6.45) is 0. The highest BCUT2D eigenvalue weighted by molar-refractivity contribution is 6.35. The van der Waals surface area contributed by atoms with Crippen LogP contribution in [-0.2, 0) is 11.4 Å². The summed E-state index contributed by atoms with van der Waals surface area (Å²) in [6.45, 7) is 0.573. The lowest BCUT2D eigenvalue weighted by molar-refractivity contribution is -0.114. The molecule has 3 aromatic rings. The molecule has 0 aromatic heterocycles. The molecule has 0 unspecified atom stereocenters. The molecule has 6 heteroatoms. The molecule has 0 atom stereocenters. The first kappa shape index (κ1) is 19.1. The summed E-state index contributed by atoms with van der Waals surface area (Å²) in [6, 6.07) is 22.2. The third-order valence-electron chi connectivity index (χ3n) is 3.75. The van der Waals surface area contributed by atoms with E-state index in [9.17, 15) is 4.79 Å². The zero-order valence-corrected chi connectivity index (χ0v) is 15.9. The zero-order chi connectivity index (χ0) is 19.1. The van der Waals surface area contributed by atoms with Crippen molar-refractivity contribution in [3.05, 3.63) is 88.4 Å². The maximum absolute atomic E-state index is 12.1. The molecule has 0 saturated heterocycles. The smallest absolute Gasteiger partial charge is 0.243 e. The Bertz CT molecular complexity index is 900. The monoisotopic (exact) mass is 400 g/mol. The van der Waals surface area contributed by atoms with E-state index in [0.29, 0.717) is 28.0 Å². The summed E-state index contributed by atoms with van der Waals surface area (Å²) in [4.78, 5) is 12.1.